The number of hydrogen-bond donors (Lipinski definition) is 0. The van der Waals surface area contributed by atoms with Crippen LogP contribution in [0.3, 0.4) is 0 Å². The Hall–Kier alpha value is -2.14. The molecule has 0 bridgehead atoms. The van der Waals surface area contributed by atoms with E-state index in [0.29, 0.717) is 0 Å². The molecule has 0 aromatic rings. The molecule has 0 aliphatic rings. The molecule has 0 amide bonds. The van der Waals surface area contributed by atoms with Crippen LogP contribution in [0.5, 0.6) is 0 Å². The summed E-state index contributed by atoms with van der Waals surface area (Å²) in [6.07, 6.45) is -11.2. The number of carbonyl (C=O) groups excluding carboxylic acids is 4. The van der Waals surface area contributed by atoms with Gasteiger partial charge in [-0.2, -0.15) is 26.3 Å². The lowest BCUT2D eigenvalue weighted by molar-refractivity contribution is -0.221. The summed E-state index contributed by atoms with van der Waals surface area (Å²) < 4.78 is 73.6. The summed E-state index contributed by atoms with van der Waals surface area (Å²) in [4.78, 5) is 38.9. The van der Waals surface area contributed by atoms with Crippen LogP contribution in [0.1, 0.15) is 13.8 Å². The molecule has 0 N–H and O–H groups in total. The van der Waals surface area contributed by atoms with E-state index in [9.17, 15) is 45.5 Å². The lowest BCUT2D eigenvalue weighted by Gasteiger charge is -2.06. The predicted octanol–water partition coefficient (Wildman–Crippen LogP) is 1.28. The van der Waals surface area contributed by atoms with Gasteiger partial charge in [0.1, 0.15) is 0 Å². The number of esters is 4. The van der Waals surface area contributed by atoms with Crippen LogP contribution in [0.2, 0.25) is 0 Å². The zero-order valence-corrected chi connectivity index (χ0v) is 9.72. The minimum absolute atomic E-state index is 0.562. The summed E-state index contributed by atoms with van der Waals surface area (Å²) in [5.74, 6) is -7.52. The highest BCUT2D eigenvalue weighted by Crippen LogP contribution is 2.21. The first kappa shape index (κ1) is 20.2. The van der Waals surface area contributed by atoms with Gasteiger partial charge < -0.3 is 9.47 Å². The number of carbonyl (C=O) groups is 4. The van der Waals surface area contributed by atoms with E-state index >= 15 is 0 Å². The largest absolute Gasteiger partial charge is 0.491 e. The van der Waals surface area contributed by atoms with Gasteiger partial charge in [-0.1, -0.05) is 0 Å². The standard InChI is InChI=1S/C4F6O3.C4H6O3/c5-3(6,7)1(11)13-2(12)4(8,9)10;1-3(5)7-4(2)6/h;1-2H3. The van der Waals surface area contributed by atoms with Crippen molar-refractivity contribution in [2.24, 2.45) is 0 Å². The van der Waals surface area contributed by atoms with Gasteiger partial charge in [0.15, 0.2) is 0 Å². The molecule has 0 atom stereocenters. The molecule has 0 aromatic heterocycles. The minimum Gasteiger partial charge on any atom is -0.394 e. The first-order valence-electron chi connectivity index (χ1n) is 4.27. The maximum Gasteiger partial charge on any atom is 0.491 e. The Balaban J connectivity index is 0. The molecule has 0 aromatic carbocycles. The Labute approximate surface area is 106 Å². The third-order valence-corrected chi connectivity index (χ3v) is 0.936. The van der Waals surface area contributed by atoms with Crippen LogP contribution in [0.4, 0.5) is 26.3 Å². The quantitative estimate of drug-likeness (QED) is 0.380. The van der Waals surface area contributed by atoms with Crippen molar-refractivity contribution >= 4 is 23.9 Å². The third-order valence-electron chi connectivity index (χ3n) is 0.936. The molecule has 6 nitrogen and oxygen atoms in total. The molecule has 0 saturated heterocycles. The average Bonchev–Trinajstić information content (AvgIpc) is 2.12. The SMILES string of the molecule is CC(=O)OC(C)=O.O=C(OC(=O)C(F)(F)F)C(F)(F)F. The smallest absolute Gasteiger partial charge is 0.394 e. The Kier molecular flexibility index (Phi) is 7.52. The number of halogens is 6. The van der Waals surface area contributed by atoms with Crippen molar-refractivity contribution in [3.8, 4) is 0 Å². The van der Waals surface area contributed by atoms with Gasteiger partial charge in [-0.05, 0) is 0 Å². The van der Waals surface area contributed by atoms with E-state index in [1.54, 1.807) is 0 Å². The molecule has 0 radical (unpaired) electrons. The summed E-state index contributed by atoms with van der Waals surface area (Å²) in [7, 11) is 0. The summed E-state index contributed by atoms with van der Waals surface area (Å²) in [5.41, 5.74) is 0. The molecule has 12 heteroatoms. The molecule has 0 saturated carbocycles. The highest BCUT2D eigenvalue weighted by Gasteiger charge is 2.49. The lowest BCUT2D eigenvalue weighted by atomic mass is 10.6. The first-order valence-corrected chi connectivity index (χ1v) is 4.27. The molecule has 0 unspecified atom stereocenters. The van der Waals surface area contributed by atoms with Crippen molar-refractivity contribution in [3.63, 3.8) is 0 Å². The van der Waals surface area contributed by atoms with E-state index < -0.39 is 36.2 Å². The van der Waals surface area contributed by atoms with Crippen molar-refractivity contribution in [2.45, 2.75) is 26.2 Å². The zero-order chi connectivity index (χ0) is 16.7. The molecular weight excluding hydrogens is 306 g/mol. The van der Waals surface area contributed by atoms with Gasteiger partial charge in [-0.15, -0.1) is 0 Å². The topological polar surface area (TPSA) is 86.7 Å². The van der Waals surface area contributed by atoms with Crippen LogP contribution >= 0.6 is 0 Å². The molecule has 0 heterocycles. The Morgan fingerprint density at radius 3 is 1.00 bits per heavy atom. The monoisotopic (exact) mass is 312 g/mol. The molecule has 0 rings (SSSR count). The number of alkyl halides is 6. The molecule has 0 aliphatic heterocycles. The van der Waals surface area contributed by atoms with Crippen LogP contribution in [0, 0.1) is 0 Å². The van der Waals surface area contributed by atoms with E-state index in [1.807, 2.05) is 0 Å². The zero-order valence-electron chi connectivity index (χ0n) is 9.72. The number of ether oxygens (including phenoxy) is 2. The van der Waals surface area contributed by atoms with Crippen molar-refractivity contribution in [3.05, 3.63) is 0 Å². The van der Waals surface area contributed by atoms with Gasteiger partial charge in [0.2, 0.25) is 0 Å². The predicted molar refractivity (Wildman–Crippen MR) is 45.7 cm³/mol. The Bertz CT molecular complexity index is 359. The second kappa shape index (κ2) is 7.45. The highest BCUT2D eigenvalue weighted by atomic mass is 19.4. The van der Waals surface area contributed by atoms with Gasteiger partial charge in [0.05, 0.1) is 0 Å². The number of rotatable bonds is 0. The van der Waals surface area contributed by atoms with Crippen LogP contribution in [0.15, 0.2) is 0 Å². The molecule has 0 spiro atoms. The second-order valence-electron chi connectivity index (χ2n) is 2.76. The second-order valence-corrected chi connectivity index (χ2v) is 2.76. The van der Waals surface area contributed by atoms with Crippen LogP contribution < -0.4 is 0 Å². The molecule has 0 fully saturated rings. The van der Waals surface area contributed by atoms with Crippen LogP contribution in [-0.2, 0) is 28.7 Å². The normalized spacial score (nSPS) is 10.8. The summed E-state index contributed by atoms with van der Waals surface area (Å²) in [6.45, 7) is 2.36. The molecular formula is C8H6F6O6. The van der Waals surface area contributed by atoms with Crippen LogP contribution in [-0.4, -0.2) is 36.2 Å². The van der Waals surface area contributed by atoms with E-state index in [0.717, 1.165) is 0 Å². The fourth-order valence-corrected chi connectivity index (χ4v) is 0.402. The van der Waals surface area contributed by atoms with Crippen molar-refractivity contribution in [2.75, 3.05) is 0 Å². The minimum atomic E-state index is -5.62. The third kappa shape index (κ3) is 11.0. The first-order chi connectivity index (χ1) is 8.67. The number of hydrogen-bond acceptors (Lipinski definition) is 6. The van der Waals surface area contributed by atoms with E-state index in [2.05, 4.69) is 9.47 Å². The van der Waals surface area contributed by atoms with Gasteiger partial charge in [0.25, 0.3) is 0 Å². The van der Waals surface area contributed by atoms with Gasteiger partial charge in [-0.25, -0.2) is 9.59 Å². The summed E-state index contributed by atoms with van der Waals surface area (Å²) in [6, 6.07) is 0. The fraction of sp³-hybridized carbons (Fsp3) is 0.500. The Morgan fingerprint density at radius 2 is 0.900 bits per heavy atom. The average molecular weight is 312 g/mol. The Morgan fingerprint density at radius 1 is 0.650 bits per heavy atom. The lowest BCUT2D eigenvalue weighted by Crippen LogP contribution is -2.34. The van der Waals surface area contributed by atoms with E-state index in [-0.39, 0.29) is 0 Å². The van der Waals surface area contributed by atoms with Gasteiger partial charge in [-0.3, -0.25) is 9.59 Å². The van der Waals surface area contributed by atoms with E-state index in [1.165, 1.54) is 13.8 Å². The molecule has 0 aliphatic carbocycles. The summed E-state index contributed by atoms with van der Waals surface area (Å²) in [5, 5.41) is 0. The molecule has 20 heavy (non-hydrogen) atoms. The van der Waals surface area contributed by atoms with Crippen molar-refractivity contribution in [1.82, 2.24) is 0 Å². The fourth-order valence-electron chi connectivity index (χ4n) is 0.402. The summed E-state index contributed by atoms with van der Waals surface area (Å²) >= 11 is 0. The van der Waals surface area contributed by atoms with Gasteiger partial charge >= 0.3 is 36.2 Å². The molecule has 116 valence electrons. The van der Waals surface area contributed by atoms with Crippen molar-refractivity contribution in [1.29, 1.82) is 0 Å². The van der Waals surface area contributed by atoms with E-state index in [4.69, 9.17) is 0 Å². The maximum atomic E-state index is 11.2. The van der Waals surface area contributed by atoms with Crippen LogP contribution in [0.25, 0.3) is 0 Å². The highest BCUT2D eigenvalue weighted by molar-refractivity contribution is 5.90. The van der Waals surface area contributed by atoms with Gasteiger partial charge in [0, 0.05) is 13.8 Å². The maximum absolute atomic E-state index is 11.2. The van der Waals surface area contributed by atoms with Crippen molar-refractivity contribution < 1.29 is 55.0 Å².